The van der Waals surface area contributed by atoms with Gasteiger partial charge in [0, 0.05) is 0 Å². The van der Waals surface area contributed by atoms with Gasteiger partial charge in [0.25, 0.3) is 10.1 Å². The Kier molecular flexibility index (Phi) is 7.17. The minimum atomic E-state index is -3.52. The van der Waals surface area contributed by atoms with E-state index in [0.29, 0.717) is 13.2 Å². The highest BCUT2D eigenvalue weighted by Crippen LogP contribution is 2.07. The summed E-state index contributed by atoms with van der Waals surface area (Å²) >= 11 is 0. The van der Waals surface area contributed by atoms with Crippen LogP contribution in [-0.4, -0.2) is 40.6 Å². The average molecular weight is 286 g/mol. The minimum absolute atomic E-state index is 0.0144. The van der Waals surface area contributed by atoms with E-state index in [4.69, 9.17) is 9.47 Å². The Labute approximate surface area is 113 Å². The Morgan fingerprint density at radius 3 is 2.53 bits per heavy atom. The van der Waals surface area contributed by atoms with E-state index < -0.39 is 10.1 Å². The summed E-state index contributed by atoms with van der Waals surface area (Å²) in [6.45, 7) is 4.14. The van der Waals surface area contributed by atoms with Crippen molar-refractivity contribution < 1.29 is 22.1 Å². The van der Waals surface area contributed by atoms with E-state index in [9.17, 15) is 8.42 Å². The number of para-hydroxylation sites is 1. The van der Waals surface area contributed by atoms with Crippen LogP contribution < -0.4 is 4.74 Å². The molecular formula is C13H18O5S. The van der Waals surface area contributed by atoms with E-state index in [1.54, 1.807) is 0 Å². The van der Waals surface area contributed by atoms with Crippen LogP contribution in [-0.2, 0) is 19.0 Å². The molecule has 0 radical (unpaired) electrons. The largest absolute Gasteiger partial charge is 0.491 e. The summed E-state index contributed by atoms with van der Waals surface area (Å²) in [5.74, 6) is 0.583. The Bertz CT molecular complexity index is 455. The Morgan fingerprint density at radius 1 is 1.11 bits per heavy atom. The lowest BCUT2D eigenvalue weighted by Crippen LogP contribution is -2.17. The molecule has 0 amide bonds. The minimum Gasteiger partial charge on any atom is -0.491 e. The molecule has 0 aliphatic heterocycles. The second kappa shape index (κ2) is 8.68. The molecule has 0 atom stereocenters. The number of hydrogen-bond donors (Lipinski definition) is 0. The zero-order chi connectivity index (χ0) is 14.0. The third kappa shape index (κ3) is 7.61. The molecule has 6 heteroatoms. The SMILES string of the molecule is C=CCOS(=O)(=O)CCOCCOc1ccccc1. The maximum Gasteiger partial charge on any atom is 0.269 e. The number of ether oxygens (including phenoxy) is 2. The maximum absolute atomic E-state index is 11.3. The zero-order valence-corrected chi connectivity index (χ0v) is 11.5. The van der Waals surface area contributed by atoms with Crippen molar-refractivity contribution >= 4 is 10.1 Å². The van der Waals surface area contributed by atoms with Crippen molar-refractivity contribution in [1.29, 1.82) is 0 Å². The molecule has 19 heavy (non-hydrogen) atoms. The molecule has 0 spiro atoms. The van der Waals surface area contributed by atoms with E-state index in [1.807, 2.05) is 30.3 Å². The molecule has 0 heterocycles. The summed E-state index contributed by atoms with van der Waals surface area (Å²) in [6, 6.07) is 9.33. The lowest BCUT2D eigenvalue weighted by Gasteiger charge is -2.07. The molecule has 0 saturated heterocycles. The lowest BCUT2D eigenvalue weighted by atomic mass is 10.3. The van der Waals surface area contributed by atoms with Crippen molar-refractivity contribution in [3.8, 4) is 5.75 Å². The monoisotopic (exact) mass is 286 g/mol. The van der Waals surface area contributed by atoms with E-state index in [-0.39, 0.29) is 19.0 Å². The summed E-state index contributed by atoms with van der Waals surface area (Å²) < 4.78 is 37.7. The molecule has 1 aromatic rings. The molecular weight excluding hydrogens is 268 g/mol. The van der Waals surface area contributed by atoms with Gasteiger partial charge in [0.15, 0.2) is 0 Å². The van der Waals surface area contributed by atoms with Gasteiger partial charge in [-0.25, -0.2) is 0 Å². The van der Waals surface area contributed by atoms with E-state index in [1.165, 1.54) is 6.08 Å². The van der Waals surface area contributed by atoms with Gasteiger partial charge >= 0.3 is 0 Å². The summed E-state index contributed by atoms with van der Waals surface area (Å²) in [7, 11) is -3.52. The quantitative estimate of drug-likeness (QED) is 0.371. The highest BCUT2D eigenvalue weighted by Gasteiger charge is 2.09. The van der Waals surface area contributed by atoms with Crippen LogP contribution >= 0.6 is 0 Å². The average Bonchev–Trinajstić information content (AvgIpc) is 2.42. The molecule has 0 N–H and O–H groups in total. The maximum atomic E-state index is 11.3. The molecule has 0 aromatic heterocycles. The van der Waals surface area contributed by atoms with Gasteiger partial charge in [-0.1, -0.05) is 24.3 Å². The van der Waals surface area contributed by atoms with Crippen molar-refractivity contribution in [2.75, 3.05) is 32.2 Å². The lowest BCUT2D eigenvalue weighted by molar-refractivity contribution is 0.110. The predicted molar refractivity (Wildman–Crippen MR) is 72.7 cm³/mol. The molecule has 1 rings (SSSR count). The fourth-order valence-electron chi connectivity index (χ4n) is 1.21. The first-order valence-corrected chi connectivity index (χ1v) is 7.45. The van der Waals surface area contributed by atoms with Gasteiger partial charge in [-0.15, -0.1) is 6.58 Å². The van der Waals surface area contributed by atoms with E-state index >= 15 is 0 Å². The van der Waals surface area contributed by atoms with Crippen molar-refractivity contribution in [3.05, 3.63) is 43.0 Å². The molecule has 0 saturated carbocycles. The van der Waals surface area contributed by atoms with Gasteiger partial charge in [-0.2, -0.15) is 8.42 Å². The molecule has 106 valence electrons. The van der Waals surface area contributed by atoms with Crippen LogP contribution in [0.5, 0.6) is 5.75 Å². The van der Waals surface area contributed by atoms with Gasteiger partial charge in [0.1, 0.15) is 12.4 Å². The van der Waals surface area contributed by atoms with Crippen LogP contribution in [0.15, 0.2) is 43.0 Å². The molecule has 0 fully saturated rings. The van der Waals surface area contributed by atoms with Crippen LogP contribution in [0.4, 0.5) is 0 Å². The van der Waals surface area contributed by atoms with Gasteiger partial charge in [-0.3, -0.25) is 4.18 Å². The Balaban J connectivity index is 2.07. The second-order valence-electron chi connectivity index (χ2n) is 3.61. The number of hydrogen-bond acceptors (Lipinski definition) is 5. The van der Waals surface area contributed by atoms with Crippen molar-refractivity contribution in [1.82, 2.24) is 0 Å². The first-order valence-electron chi connectivity index (χ1n) is 5.87. The third-order valence-corrected chi connectivity index (χ3v) is 3.24. The molecule has 1 aromatic carbocycles. The summed E-state index contributed by atoms with van der Waals surface area (Å²) in [5, 5.41) is 0. The zero-order valence-electron chi connectivity index (χ0n) is 10.7. The van der Waals surface area contributed by atoms with Crippen molar-refractivity contribution in [2.45, 2.75) is 0 Å². The summed E-state index contributed by atoms with van der Waals surface area (Å²) in [5.41, 5.74) is 0. The van der Waals surface area contributed by atoms with E-state index in [0.717, 1.165) is 5.75 Å². The van der Waals surface area contributed by atoms with Gasteiger partial charge in [0.05, 0.1) is 25.6 Å². The fraction of sp³-hybridized carbons (Fsp3) is 0.385. The number of benzene rings is 1. The van der Waals surface area contributed by atoms with Crippen molar-refractivity contribution in [2.24, 2.45) is 0 Å². The van der Waals surface area contributed by atoms with Crippen LogP contribution in [0.3, 0.4) is 0 Å². The Hall–Kier alpha value is -1.37. The highest BCUT2D eigenvalue weighted by molar-refractivity contribution is 7.86. The third-order valence-electron chi connectivity index (χ3n) is 2.08. The standard InChI is InChI=1S/C13H18O5S/c1-2-8-18-19(14,15)12-11-16-9-10-17-13-6-4-3-5-7-13/h2-7H,1,8-12H2. The first-order chi connectivity index (χ1) is 9.14. The molecule has 0 unspecified atom stereocenters. The summed E-state index contributed by atoms with van der Waals surface area (Å²) in [4.78, 5) is 0. The molecule has 0 aliphatic rings. The normalized spacial score (nSPS) is 11.2. The second-order valence-corrected chi connectivity index (χ2v) is 5.37. The van der Waals surface area contributed by atoms with Gasteiger partial charge in [-0.05, 0) is 12.1 Å². The van der Waals surface area contributed by atoms with Gasteiger partial charge in [0.2, 0.25) is 0 Å². The van der Waals surface area contributed by atoms with Crippen LogP contribution in [0.1, 0.15) is 0 Å². The van der Waals surface area contributed by atoms with Crippen LogP contribution in [0.2, 0.25) is 0 Å². The van der Waals surface area contributed by atoms with Crippen molar-refractivity contribution in [3.63, 3.8) is 0 Å². The predicted octanol–water partition coefficient (Wildman–Crippen LogP) is 1.61. The first kappa shape index (κ1) is 15.7. The van der Waals surface area contributed by atoms with Gasteiger partial charge < -0.3 is 9.47 Å². The molecule has 5 nitrogen and oxygen atoms in total. The highest BCUT2D eigenvalue weighted by atomic mass is 32.2. The smallest absolute Gasteiger partial charge is 0.269 e. The topological polar surface area (TPSA) is 61.8 Å². The fourth-order valence-corrected chi connectivity index (χ4v) is 1.95. The van der Waals surface area contributed by atoms with E-state index in [2.05, 4.69) is 10.8 Å². The molecule has 0 bridgehead atoms. The van der Waals surface area contributed by atoms with Crippen LogP contribution in [0.25, 0.3) is 0 Å². The summed E-state index contributed by atoms with van der Waals surface area (Å²) in [6.07, 6.45) is 1.38. The number of rotatable bonds is 10. The Morgan fingerprint density at radius 2 is 1.84 bits per heavy atom. The molecule has 0 aliphatic carbocycles. The van der Waals surface area contributed by atoms with Crippen LogP contribution in [0, 0.1) is 0 Å².